The highest BCUT2D eigenvalue weighted by Crippen LogP contribution is 2.24. The summed E-state index contributed by atoms with van der Waals surface area (Å²) in [5, 5.41) is 3.31. The molecule has 2 nitrogen and oxygen atoms in total. The average Bonchev–Trinajstić information content (AvgIpc) is 2.49. The molecule has 0 aliphatic carbocycles. The first-order valence-electron chi connectivity index (χ1n) is 3.29. The van der Waals surface area contributed by atoms with E-state index < -0.39 is 0 Å². The lowest BCUT2D eigenvalue weighted by Gasteiger charge is -1.98. The van der Waals surface area contributed by atoms with Gasteiger partial charge in [-0.05, 0) is 13.0 Å². The Morgan fingerprint density at radius 3 is 2.88 bits per heavy atom. The van der Waals surface area contributed by atoms with Crippen molar-refractivity contribution in [2.75, 3.05) is 19.7 Å². The number of hydrogen-bond donors (Lipinski definition) is 1. The minimum atomic E-state index is 0.630. The highest BCUT2D eigenvalue weighted by atomic mass is 16.6. The molecule has 0 unspecified atom stereocenters. The van der Waals surface area contributed by atoms with E-state index in [4.69, 9.17) is 4.74 Å². The summed E-state index contributed by atoms with van der Waals surface area (Å²) in [7, 11) is 0. The summed E-state index contributed by atoms with van der Waals surface area (Å²) >= 11 is 0. The van der Waals surface area contributed by atoms with Gasteiger partial charge >= 0.3 is 0 Å². The van der Waals surface area contributed by atoms with Crippen LogP contribution < -0.4 is 5.32 Å². The van der Waals surface area contributed by atoms with Crippen molar-refractivity contribution < 1.29 is 4.74 Å². The molecule has 2 atom stereocenters. The number of hydrogen-bond acceptors (Lipinski definition) is 2. The van der Waals surface area contributed by atoms with Crippen LogP contribution in [-0.4, -0.2) is 25.8 Å². The first-order valence-corrected chi connectivity index (χ1v) is 3.29. The zero-order chi connectivity index (χ0) is 5.40. The van der Waals surface area contributed by atoms with Crippen molar-refractivity contribution in [1.29, 1.82) is 0 Å². The minimum absolute atomic E-state index is 0.630. The van der Waals surface area contributed by atoms with Crippen molar-refractivity contribution in [2.24, 2.45) is 5.92 Å². The highest BCUT2D eigenvalue weighted by molar-refractivity contribution is 4.84. The Kier molecular flexibility index (Phi) is 1.02. The molecule has 0 amide bonds. The summed E-state index contributed by atoms with van der Waals surface area (Å²) in [6, 6.07) is 0. The fourth-order valence-electron chi connectivity index (χ4n) is 1.32. The largest absolute Gasteiger partial charge is 0.373 e. The molecule has 0 spiro atoms. The summed E-state index contributed by atoms with van der Waals surface area (Å²) in [5.41, 5.74) is 0. The van der Waals surface area contributed by atoms with Crippen molar-refractivity contribution >= 4 is 0 Å². The molecular formula is C6H11NO. The molecule has 0 saturated carbocycles. The van der Waals surface area contributed by atoms with Gasteiger partial charge in [-0.25, -0.2) is 0 Å². The van der Waals surface area contributed by atoms with Crippen LogP contribution in [0, 0.1) is 5.92 Å². The van der Waals surface area contributed by atoms with Gasteiger partial charge in [-0.2, -0.15) is 0 Å². The van der Waals surface area contributed by atoms with Crippen LogP contribution in [0.4, 0.5) is 0 Å². The van der Waals surface area contributed by atoms with Gasteiger partial charge in [-0.3, -0.25) is 0 Å². The van der Waals surface area contributed by atoms with E-state index in [1.54, 1.807) is 0 Å². The van der Waals surface area contributed by atoms with Crippen molar-refractivity contribution in [3.05, 3.63) is 0 Å². The predicted octanol–water partition coefficient (Wildman–Crippen LogP) is -0.00530. The molecule has 2 heteroatoms. The van der Waals surface area contributed by atoms with Crippen LogP contribution in [0.5, 0.6) is 0 Å². The van der Waals surface area contributed by atoms with Crippen molar-refractivity contribution in [2.45, 2.75) is 12.5 Å². The minimum Gasteiger partial charge on any atom is -0.373 e. The van der Waals surface area contributed by atoms with E-state index in [0.717, 1.165) is 12.5 Å². The van der Waals surface area contributed by atoms with E-state index >= 15 is 0 Å². The summed E-state index contributed by atoms with van der Waals surface area (Å²) in [4.78, 5) is 0. The van der Waals surface area contributed by atoms with Crippen LogP contribution in [0.1, 0.15) is 6.42 Å². The molecule has 2 aliphatic rings. The lowest BCUT2D eigenvalue weighted by Crippen LogP contribution is -2.12. The third-order valence-corrected chi connectivity index (χ3v) is 1.98. The summed E-state index contributed by atoms with van der Waals surface area (Å²) in [6.07, 6.45) is 1.95. The maximum absolute atomic E-state index is 5.15. The number of epoxide rings is 1. The monoisotopic (exact) mass is 113 g/mol. The predicted molar refractivity (Wildman–Crippen MR) is 30.7 cm³/mol. The number of ether oxygens (including phenoxy) is 1. The van der Waals surface area contributed by atoms with Crippen LogP contribution >= 0.6 is 0 Å². The molecule has 46 valence electrons. The fraction of sp³-hybridized carbons (Fsp3) is 1.00. The van der Waals surface area contributed by atoms with E-state index in [2.05, 4.69) is 5.32 Å². The van der Waals surface area contributed by atoms with Crippen molar-refractivity contribution in [1.82, 2.24) is 5.32 Å². The number of rotatable bonds is 1. The molecule has 0 aromatic rings. The molecule has 2 saturated heterocycles. The normalized spacial score (nSPS) is 45.0. The van der Waals surface area contributed by atoms with Gasteiger partial charge < -0.3 is 10.1 Å². The second-order valence-corrected chi connectivity index (χ2v) is 2.62. The molecule has 0 aromatic heterocycles. The SMILES string of the molecule is C1C[C@@H]([C@H]2CO2)CN1. The van der Waals surface area contributed by atoms with Crippen LogP contribution in [-0.2, 0) is 4.74 Å². The van der Waals surface area contributed by atoms with Gasteiger partial charge in [0, 0.05) is 12.5 Å². The van der Waals surface area contributed by atoms with Gasteiger partial charge in [0.05, 0.1) is 12.7 Å². The molecular weight excluding hydrogens is 102 g/mol. The third-order valence-electron chi connectivity index (χ3n) is 1.98. The second kappa shape index (κ2) is 1.71. The standard InChI is InChI=1S/C6H11NO/c1-2-7-3-5(1)6-4-8-6/h5-7H,1-4H2/t5-,6-/m1/s1. The van der Waals surface area contributed by atoms with Gasteiger partial charge in [0.25, 0.3) is 0 Å². The van der Waals surface area contributed by atoms with Crippen molar-refractivity contribution in [3.63, 3.8) is 0 Å². The Morgan fingerprint density at radius 1 is 1.50 bits per heavy atom. The van der Waals surface area contributed by atoms with E-state index in [1.165, 1.54) is 19.5 Å². The fourth-order valence-corrected chi connectivity index (χ4v) is 1.32. The molecule has 2 rings (SSSR count). The molecule has 0 bridgehead atoms. The van der Waals surface area contributed by atoms with E-state index in [1.807, 2.05) is 0 Å². The Bertz CT molecular complexity index is 84.5. The van der Waals surface area contributed by atoms with Gasteiger partial charge in [-0.15, -0.1) is 0 Å². The van der Waals surface area contributed by atoms with Crippen LogP contribution in [0.2, 0.25) is 0 Å². The zero-order valence-electron chi connectivity index (χ0n) is 4.89. The van der Waals surface area contributed by atoms with Gasteiger partial charge in [0.2, 0.25) is 0 Å². The first-order chi connectivity index (χ1) is 3.97. The van der Waals surface area contributed by atoms with Gasteiger partial charge in [0.1, 0.15) is 0 Å². The van der Waals surface area contributed by atoms with Gasteiger partial charge in [-0.1, -0.05) is 0 Å². The van der Waals surface area contributed by atoms with Gasteiger partial charge in [0.15, 0.2) is 0 Å². The lowest BCUT2D eigenvalue weighted by atomic mass is 10.1. The average molecular weight is 113 g/mol. The molecule has 0 radical (unpaired) electrons. The molecule has 8 heavy (non-hydrogen) atoms. The first kappa shape index (κ1) is 4.77. The zero-order valence-corrected chi connectivity index (χ0v) is 4.89. The summed E-state index contributed by atoms with van der Waals surface area (Å²) in [6.45, 7) is 3.40. The van der Waals surface area contributed by atoms with Crippen LogP contribution in [0.3, 0.4) is 0 Å². The highest BCUT2D eigenvalue weighted by Gasteiger charge is 2.33. The van der Waals surface area contributed by atoms with E-state index in [0.29, 0.717) is 6.10 Å². The molecule has 2 aliphatic heterocycles. The lowest BCUT2D eigenvalue weighted by molar-refractivity contribution is 0.342. The van der Waals surface area contributed by atoms with E-state index in [9.17, 15) is 0 Å². The topological polar surface area (TPSA) is 24.6 Å². The van der Waals surface area contributed by atoms with Crippen LogP contribution in [0.15, 0.2) is 0 Å². The maximum Gasteiger partial charge on any atom is 0.0850 e. The Morgan fingerprint density at radius 2 is 2.38 bits per heavy atom. The summed E-state index contributed by atoms with van der Waals surface area (Å²) < 4.78 is 5.15. The Hall–Kier alpha value is -0.0800. The van der Waals surface area contributed by atoms with Crippen LogP contribution in [0.25, 0.3) is 0 Å². The van der Waals surface area contributed by atoms with E-state index in [-0.39, 0.29) is 0 Å². The Balaban J connectivity index is 1.86. The smallest absolute Gasteiger partial charge is 0.0850 e. The molecule has 2 heterocycles. The number of nitrogens with one attached hydrogen (secondary N) is 1. The summed E-state index contributed by atoms with van der Waals surface area (Å²) in [5.74, 6) is 0.843. The quantitative estimate of drug-likeness (QED) is 0.484. The molecule has 1 N–H and O–H groups in total. The maximum atomic E-state index is 5.15. The third kappa shape index (κ3) is 0.740. The Labute approximate surface area is 49.2 Å². The van der Waals surface area contributed by atoms with Crippen molar-refractivity contribution in [3.8, 4) is 0 Å². The second-order valence-electron chi connectivity index (χ2n) is 2.62. The molecule has 0 aromatic carbocycles. The molecule has 2 fully saturated rings.